The molecule has 0 aromatic rings. The SMILES string of the molecule is COC1C(NC2CC(C)NN2)NC(SC2CCC(S(=O)(=O)C(C)(C)C3CCCC([N+](=O)[O-])C3F)CC2F)NC1N1CCC(N(C)C)C1. The molecule has 0 bridgehead atoms. The monoisotopic (exact) mass is 710 g/mol. The van der Waals surface area contributed by atoms with Gasteiger partial charge in [-0.1, -0.05) is 0 Å². The van der Waals surface area contributed by atoms with Crippen LogP contribution in [-0.2, 0) is 14.6 Å². The van der Waals surface area contributed by atoms with Gasteiger partial charge in [0.2, 0.25) is 6.04 Å². The molecule has 0 amide bonds. The molecule has 5 fully saturated rings. The molecule has 5 aliphatic rings. The smallest absolute Gasteiger partial charge is 0.244 e. The Morgan fingerprint density at radius 1 is 1.09 bits per heavy atom. The van der Waals surface area contributed by atoms with Gasteiger partial charge in [0.05, 0.1) is 28.5 Å². The fraction of sp³-hybridized carbons (Fsp3) is 1.00. The third-order valence-electron chi connectivity index (χ3n) is 11.4. The average molecular weight is 711 g/mol. The van der Waals surface area contributed by atoms with Crippen LogP contribution in [0.25, 0.3) is 0 Å². The van der Waals surface area contributed by atoms with Gasteiger partial charge in [0.25, 0.3) is 0 Å². The summed E-state index contributed by atoms with van der Waals surface area (Å²) in [5, 5.41) is 21.0. The molecule has 3 aliphatic heterocycles. The molecule has 0 aromatic heterocycles. The molecule has 0 spiro atoms. The Balaban J connectivity index is 1.26. The minimum atomic E-state index is -4.00. The lowest BCUT2D eigenvalue weighted by Crippen LogP contribution is -2.74. The van der Waals surface area contributed by atoms with Gasteiger partial charge < -0.3 is 9.64 Å². The highest BCUT2D eigenvalue weighted by molar-refractivity contribution is 8.00. The number of likely N-dealkylation sites (N-methyl/N-ethyl adjacent to an activating group) is 1. The minimum Gasteiger partial charge on any atom is -0.375 e. The van der Waals surface area contributed by atoms with Crippen molar-refractivity contribution in [1.82, 2.24) is 36.6 Å². The molecule has 47 heavy (non-hydrogen) atoms. The number of thioether (sulfide) groups is 1. The molecule has 0 radical (unpaired) electrons. The van der Waals surface area contributed by atoms with E-state index in [1.807, 2.05) is 0 Å². The number of ether oxygens (including phenoxy) is 1. The van der Waals surface area contributed by atoms with Crippen LogP contribution in [0, 0.1) is 16.0 Å². The lowest BCUT2D eigenvalue weighted by atomic mass is 9.77. The van der Waals surface area contributed by atoms with E-state index in [0.29, 0.717) is 24.9 Å². The largest absolute Gasteiger partial charge is 0.375 e. The third-order valence-corrected chi connectivity index (χ3v) is 15.9. The molecule has 13 nitrogen and oxygen atoms in total. The summed E-state index contributed by atoms with van der Waals surface area (Å²) in [4.78, 5) is 15.5. The van der Waals surface area contributed by atoms with Crippen LogP contribution in [0.2, 0.25) is 0 Å². The third kappa shape index (κ3) is 7.94. The zero-order chi connectivity index (χ0) is 34.3. The summed E-state index contributed by atoms with van der Waals surface area (Å²) in [7, 11) is 1.90. The van der Waals surface area contributed by atoms with Crippen LogP contribution in [-0.4, -0.2) is 133 Å². The first-order chi connectivity index (χ1) is 22.1. The Morgan fingerprint density at radius 3 is 2.43 bits per heavy atom. The maximum absolute atomic E-state index is 16.0. The molecule has 13 atom stereocenters. The summed E-state index contributed by atoms with van der Waals surface area (Å²) in [5.74, 6) is -1.00. The van der Waals surface area contributed by atoms with E-state index in [1.165, 1.54) is 25.6 Å². The van der Waals surface area contributed by atoms with Gasteiger partial charge in [0.15, 0.2) is 16.0 Å². The van der Waals surface area contributed by atoms with Crippen LogP contribution in [0.3, 0.4) is 0 Å². The van der Waals surface area contributed by atoms with Gasteiger partial charge in [0.1, 0.15) is 17.8 Å². The molecule has 13 unspecified atom stereocenters. The van der Waals surface area contributed by atoms with E-state index in [-0.39, 0.29) is 55.8 Å². The molecule has 272 valence electrons. The molecule has 17 heteroatoms. The Bertz CT molecular complexity index is 1190. The van der Waals surface area contributed by atoms with Crippen LogP contribution in [0.4, 0.5) is 8.78 Å². The quantitative estimate of drug-likeness (QED) is 0.156. The molecule has 2 saturated carbocycles. The number of likely N-dealkylation sites (tertiary alicyclic amines) is 1. The second kappa shape index (κ2) is 15.2. The summed E-state index contributed by atoms with van der Waals surface area (Å²) in [6.45, 7) is 6.83. The van der Waals surface area contributed by atoms with Crippen molar-refractivity contribution in [2.75, 3.05) is 34.3 Å². The minimum absolute atomic E-state index is 0.0179. The van der Waals surface area contributed by atoms with Gasteiger partial charge in [-0.3, -0.25) is 36.4 Å². The topological polar surface area (TPSA) is 153 Å². The van der Waals surface area contributed by atoms with E-state index in [9.17, 15) is 18.5 Å². The molecule has 3 saturated heterocycles. The first-order valence-corrected chi connectivity index (χ1v) is 19.7. The fourth-order valence-electron chi connectivity index (χ4n) is 8.41. The zero-order valence-corrected chi connectivity index (χ0v) is 30.2. The van der Waals surface area contributed by atoms with Crippen LogP contribution < -0.4 is 26.8 Å². The van der Waals surface area contributed by atoms with Crippen molar-refractivity contribution in [2.24, 2.45) is 5.92 Å². The number of nitrogens with zero attached hydrogens (tertiary/aromatic N) is 3. The number of hydrogen-bond acceptors (Lipinski definition) is 13. The van der Waals surface area contributed by atoms with Gasteiger partial charge in [0, 0.05) is 54.8 Å². The van der Waals surface area contributed by atoms with Gasteiger partial charge in [-0.05, 0) is 79.8 Å². The van der Waals surface area contributed by atoms with E-state index in [4.69, 9.17) is 4.74 Å². The van der Waals surface area contributed by atoms with Crippen molar-refractivity contribution < 1.29 is 26.9 Å². The second-order valence-corrected chi connectivity index (χ2v) is 19.1. The fourth-order valence-corrected chi connectivity index (χ4v) is 12.2. The number of nitrogens with one attached hydrogen (secondary N) is 5. The summed E-state index contributed by atoms with van der Waals surface area (Å²) in [5.41, 5.74) is 6.22. The van der Waals surface area contributed by atoms with E-state index in [0.717, 1.165) is 25.9 Å². The average Bonchev–Trinajstić information content (AvgIpc) is 3.67. The molecule has 3 heterocycles. The number of hydrogen-bond donors (Lipinski definition) is 5. The lowest BCUT2D eigenvalue weighted by Gasteiger charge is -2.48. The van der Waals surface area contributed by atoms with Crippen molar-refractivity contribution >= 4 is 21.6 Å². The predicted molar refractivity (Wildman–Crippen MR) is 179 cm³/mol. The molecule has 5 N–H and O–H groups in total. The van der Waals surface area contributed by atoms with E-state index >= 15 is 8.78 Å². The Hall–Kier alpha value is -0.760. The van der Waals surface area contributed by atoms with Crippen LogP contribution in [0.5, 0.6) is 0 Å². The molecular weight excluding hydrogens is 655 g/mol. The van der Waals surface area contributed by atoms with Gasteiger partial charge in [-0.2, -0.15) is 0 Å². The summed E-state index contributed by atoms with van der Waals surface area (Å²) in [6, 6.07) is -0.674. The number of sulfone groups is 1. The Morgan fingerprint density at radius 2 is 1.83 bits per heavy atom. The number of hydrazine groups is 1. The normalized spacial score (nSPS) is 42.6. The molecule has 2 aliphatic carbocycles. The second-order valence-electron chi connectivity index (χ2n) is 15.0. The van der Waals surface area contributed by atoms with E-state index < -0.39 is 54.3 Å². The highest BCUT2D eigenvalue weighted by Crippen LogP contribution is 2.45. The molecule has 0 aromatic carbocycles. The first kappa shape index (κ1) is 37.5. The Kier molecular flexibility index (Phi) is 12.2. The van der Waals surface area contributed by atoms with Crippen molar-refractivity contribution in [1.29, 1.82) is 0 Å². The number of nitro groups is 1. The number of rotatable bonds is 11. The molecular formula is C30H56F2N8O5S2. The number of alkyl halides is 2. The highest BCUT2D eigenvalue weighted by atomic mass is 32.2. The van der Waals surface area contributed by atoms with Gasteiger partial charge in [-0.25, -0.2) is 22.6 Å². The maximum atomic E-state index is 16.0. The first-order valence-electron chi connectivity index (χ1n) is 17.2. The molecule has 5 rings (SSSR count). The van der Waals surface area contributed by atoms with Crippen molar-refractivity contribution in [2.45, 2.75) is 148 Å². The van der Waals surface area contributed by atoms with E-state index in [1.54, 1.807) is 7.11 Å². The van der Waals surface area contributed by atoms with Crippen molar-refractivity contribution in [3.05, 3.63) is 10.1 Å². The van der Waals surface area contributed by atoms with Crippen LogP contribution in [0.1, 0.15) is 72.1 Å². The van der Waals surface area contributed by atoms with Crippen molar-refractivity contribution in [3.63, 3.8) is 0 Å². The summed E-state index contributed by atoms with van der Waals surface area (Å²) >= 11 is 1.45. The summed E-state index contributed by atoms with van der Waals surface area (Å²) < 4.78 is 63.8. The van der Waals surface area contributed by atoms with Gasteiger partial charge >= 0.3 is 0 Å². The van der Waals surface area contributed by atoms with Crippen LogP contribution in [0.15, 0.2) is 0 Å². The predicted octanol–water partition coefficient (Wildman–Crippen LogP) is 1.54. The van der Waals surface area contributed by atoms with E-state index in [2.05, 4.69) is 57.6 Å². The number of halogens is 2. The zero-order valence-electron chi connectivity index (χ0n) is 28.5. The van der Waals surface area contributed by atoms with Crippen LogP contribution >= 0.6 is 11.8 Å². The lowest BCUT2D eigenvalue weighted by molar-refractivity contribution is -0.536. The Labute approximate surface area is 282 Å². The van der Waals surface area contributed by atoms with Gasteiger partial charge in [-0.15, -0.1) is 11.8 Å². The maximum Gasteiger partial charge on any atom is 0.244 e. The van der Waals surface area contributed by atoms with Crippen molar-refractivity contribution in [3.8, 4) is 0 Å². The highest BCUT2D eigenvalue weighted by Gasteiger charge is 2.55. The number of methoxy groups -OCH3 is 1. The standard InChI is InChI=1S/C30H56F2N8O5S2/c1-17-14-24(37-36-17)33-27-26(45-6)28(39-13-12-18(16-39)38(4)5)35-29(34-27)46-23-11-10-19(15-21(23)31)47(43,44)30(2,3)20-8-7-9-22(25(20)32)40(41)42/h17-29,33-37H,7-16H2,1-6H3. The summed E-state index contributed by atoms with van der Waals surface area (Å²) in [6.07, 6.45) is -0.709.